The lowest BCUT2D eigenvalue weighted by atomic mass is 10.2. The van der Waals surface area contributed by atoms with Gasteiger partial charge in [-0.2, -0.15) is 5.26 Å². The Morgan fingerprint density at radius 3 is 2.67 bits per heavy atom. The van der Waals surface area contributed by atoms with Gasteiger partial charge in [-0.3, -0.25) is 4.79 Å². The smallest absolute Gasteiger partial charge is 0.266 e. The van der Waals surface area contributed by atoms with Crippen LogP contribution in [0.1, 0.15) is 5.56 Å². The van der Waals surface area contributed by atoms with Crippen molar-refractivity contribution in [3.63, 3.8) is 0 Å². The van der Waals surface area contributed by atoms with Gasteiger partial charge in [-0.25, -0.2) is 0 Å². The first-order valence-corrected chi connectivity index (χ1v) is 5.30. The summed E-state index contributed by atoms with van der Waals surface area (Å²) in [5, 5.41) is 11.6. The highest BCUT2D eigenvalue weighted by molar-refractivity contribution is 6.09. The third-order valence-electron chi connectivity index (χ3n) is 2.25. The summed E-state index contributed by atoms with van der Waals surface area (Å²) in [4.78, 5) is 11.8. The maximum Gasteiger partial charge on any atom is 0.266 e. The molecule has 1 aromatic carbocycles. The summed E-state index contributed by atoms with van der Waals surface area (Å²) in [5.41, 5.74) is 1.35. The molecule has 0 aliphatic carbocycles. The number of amides is 1. The normalized spacial score (nSPS) is 10.7. The maximum atomic E-state index is 11.8. The van der Waals surface area contributed by atoms with Crippen LogP contribution in [0.3, 0.4) is 0 Å². The fourth-order valence-electron chi connectivity index (χ4n) is 1.39. The summed E-state index contributed by atoms with van der Waals surface area (Å²) in [6.45, 7) is 0. The molecule has 0 saturated heterocycles. The van der Waals surface area contributed by atoms with Crippen molar-refractivity contribution in [3.8, 4) is 6.07 Å². The number of nitriles is 1. The number of furan rings is 1. The lowest BCUT2D eigenvalue weighted by Gasteiger charge is -2.02. The van der Waals surface area contributed by atoms with Crippen LogP contribution in [0, 0.1) is 11.3 Å². The molecule has 2 rings (SSSR count). The number of hydrogen-bond acceptors (Lipinski definition) is 3. The Kier molecular flexibility index (Phi) is 3.57. The van der Waals surface area contributed by atoms with E-state index in [0.29, 0.717) is 11.3 Å². The third kappa shape index (κ3) is 2.86. The van der Waals surface area contributed by atoms with Crippen LogP contribution in [0.15, 0.2) is 58.9 Å². The standard InChI is InChI=1S/C14H10N2O2/c15-9-12(8-11-6-7-18-10-11)14(17)16-13-4-2-1-3-5-13/h1-8,10H,(H,16,17)/b12-8+. The van der Waals surface area contributed by atoms with Gasteiger partial charge in [0.1, 0.15) is 11.6 Å². The second-order valence-electron chi connectivity index (χ2n) is 3.55. The molecule has 1 N–H and O–H groups in total. The Labute approximate surface area is 104 Å². The number of nitrogens with one attached hydrogen (secondary N) is 1. The van der Waals surface area contributed by atoms with Crippen molar-refractivity contribution in [2.45, 2.75) is 0 Å². The highest BCUT2D eigenvalue weighted by Crippen LogP contribution is 2.11. The van der Waals surface area contributed by atoms with Crippen molar-refractivity contribution in [1.29, 1.82) is 5.26 Å². The van der Waals surface area contributed by atoms with E-state index in [1.807, 2.05) is 12.1 Å². The number of benzene rings is 1. The predicted octanol–water partition coefficient (Wildman–Crippen LogP) is 2.83. The quantitative estimate of drug-likeness (QED) is 0.660. The van der Waals surface area contributed by atoms with Gasteiger partial charge in [0.2, 0.25) is 0 Å². The molecule has 4 heteroatoms. The Hall–Kier alpha value is -2.80. The molecule has 88 valence electrons. The molecule has 0 unspecified atom stereocenters. The van der Waals surface area contributed by atoms with Gasteiger partial charge in [0.05, 0.1) is 12.5 Å². The van der Waals surface area contributed by atoms with E-state index in [2.05, 4.69) is 5.32 Å². The van der Waals surface area contributed by atoms with Gasteiger partial charge in [-0.05, 0) is 24.3 Å². The van der Waals surface area contributed by atoms with Crippen molar-refractivity contribution in [2.24, 2.45) is 0 Å². The molecule has 0 atom stereocenters. The monoisotopic (exact) mass is 238 g/mol. The summed E-state index contributed by atoms with van der Waals surface area (Å²) >= 11 is 0. The lowest BCUT2D eigenvalue weighted by Crippen LogP contribution is -2.13. The second-order valence-corrected chi connectivity index (χ2v) is 3.55. The van der Waals surface area contributed by atoms with Gasteiger partial charge in [0, 0.05) is 11.3 Å². The molecule has 2 aromatic rings. The SMILES string of the molecule is N#C/C(=C\c1ccoc1)C(=O)Nc1ccccc1. The molecule has 0 spiro atoms. The van der Waals surface area contributed by atoms with Crippen LogP contribution in [0.5, 0.6) is 0 Å². The van der Waals surface area contributed by atoms with Gasteiger partial charge in [-0.1, -0.05) is 18.2 Å². The highest BCUT2D eigenvalue weighted by atomic mass is 16.3. The van der Waals surface area contributed by atoms with E-state index in [1.54, 1.807) is 30.3 Å². The van der Waals surface area contributed by atoms with Crippen LogP contribution in [0.2, 0.25) is 0 Å². The summed E-state index contributed by atoms with van der Waals surface area (Å²) in [6, 6.07) is 12.5. The van der Waals surface area contributed by atoms with Gasteiger partial charge in [0.25, 0.3) is 5.91 Å². The summed E-state index contributed by atoms with van der Waals surface area (Å²) in [6.07, 6.45) is 4.42. The molecule has 0 aliphatic rings. The van der Waals surface area contributed by atoms with E-state index in [1.165, 1.54) is 18.6 Å². The van der Waals surface area contributed by atoms with Crippen LogP contribution in [0.25, 0.3) is 6.08 Å². The molecule has 18 heavy (non-hydrogen) atoms. The van der Waals surface area contributed by atoms with Crippen molar-refractivity contribution in [2.75, 3.05) is 5.32 Å². The largest absolute Gasteiger partial charge is 0.472 e. The molecule has 0 aliphatic heterocycles. The molecule has 0 saturated carbocycles. The number of anilines is 1. The molecule has 1 amide bonds. The maximum absolute atomic E-state index is 11.8. The topological polar surface area (TPSA) is 66.0 Å². The zero-order valence-electron chi connectivity index (χ0n) is 9.46. The average Bonchev–Trinajstić information content (AvgIpc) is 2.90. The van der Waals surface area contributed by atoms with Crippen LogP contribution >= 0.6 is 0 Å². The molecule has 1 heterocycles. The first-order chi connectivity index (χ1) is 8.79. The van der Waals surface area contributed by atoms with Crippen LogP contribution in [0.4, 0.5) is 5.69 Å². The van der Waals surface area contributed by atoms with Crippen molar-refractivity contribution >= 4 is 17.7 Å². The minimum Gasteiger partial charge on any atom is -0.472 e. The fourth-order valence-corrected chi connectivity index (χ4v) is 1.39. The average molecular weight is 238 g/mol. The van der Waals surface area contributed by atoms with Gasteiger partial charge < -0.3 is 9.73 Å². The van der Waals surface area contributed by atoms with Crippen molar-refractivity contribution in [3.05, 3.63) is 60.1 Å². The second kappa shape index (κ2) is 5.51. The third-order valence-corrected chi connectivity index (χ3v) is 2.25. The molecular formula is C14H10N2O2. The summed E-state index contributed by atoms with van der Waals surface area (Å²) in [7, 11) is 0. The fraction of sp³-hybridized carbons (Fsp3) is 0. The number of nitrogens with zero attached hydrogens (tertiary/aromatic N) is 1. The first kappa shape index (κ1) is 11.7. The zero-order chi connectivity index (χ0) is 12.8. The molecule has 0 bridgehead atoms. The summed E-state index contributed by atoms with van der Waals surface area (Å²) < 4.78 is 4.87. The van der Waals surface area contributed by atoms with E-state index in [4.69, 9.17) is 9.68 Å². The Morgan fingerprint density at radius 2 is 2.06 bits per heavy atom. The number of carbonyl (C=O) groups is 1. The van der Waals surface area contributed by atoms with Gasteiger partial charge in [0.15, 0.2) is 0 Å². The van der Waals surface area contributed by atoms with Crippen LogP contribution in [-0.4, -0.2) is 5.91 Å². The number of hydrogen-bond donors (Lipinski definition) is 1. The minimum atomic E-state index is -0.440. The van der Waals surface area contributed by atoms with Gasteiger partial charge in [-0.15, -0.1) is 0 Å². The van der Waals surface area contributed by atoms with E-state index >= 15 is 0 Å². The van der Waals surface area contributed by atoms with Crippen molar-refractivity contribution in [1.82, 2.24) is 0 Å². The molecule has 0 radical (unpaired) electrons. The van der Waals surface area contributed by atoms with Crippen LogP contribution in [-0.2, 0) is 4.79 Å². The minimum absolute atomic E-state index is 0.0280. The molecule has 0 fully saturated rings. The Balaban J connectivity index is 2.15. The first-order valence-electron chi connectivity index (χ1n) is 5.30. The number of para-hydroxylation sites is 1. The van der Waals surface area contributed by atoms with Gasteiger partial charge >= 0.3 is 0 Å². The molecular weight excluding hydrogens is 228 g/mol. The number of rotatable bonds is 3. The van der Waals surface area contributed by atoms with Crippen LogP contribution < -0.4 is 5.32 Å². The Bertz CT molecular complexity index is 592. The van der Waals surface area contributed by atoms with E-state index in [0.717, 1.165) is 0 Å². The van der Waals surface area contributed by atoms with Crippen molar-refractivity contribution < 1.29 is 9.21 Å². The molecule has 1 aromatic heterocycles. The molecule has 4 nitrogen and oxygen atoms in total. The summed E-state index contributed by atoms with van der Waals surface area (Å²) in [5.74, 6) is -0.440. The van der Waals surface area contributed by atoms with E-state index in [9.17, 15) is 4.79 Å². The highest BCUT2D eigenvalue weighted by Gasteiger charge is 2.09. The van der Waals surface area contributed by atoms with E-state index < -0.39 is 5.91 Å². The Morgan fingerprint density at radius 1 is 1.28 bits per heavy atom. The number of carbonyl (C=O) groups excluding carboxylic acids is 1. The zero-order valence-corrected chi connectivity index (χ0v) is 9.46. The van der Waals surface area contributed by atoms with E-state index in [-0.39, 0.29) is 5.57 Å². The predicted molar refractivity (Wildman–Crippen MR) is 67.4 cm³/mol. The lowest BCUT2D eigenvalue weighted by molar-refractivity contribution is -0.112.